The maximum atomic E-state index is 13.2. The summed E-state index contributed by atoms with van der Waals surface area (Å²) < 4.78 is 24.0. The van der Waals surface area contributed by atoms with Gasteiger partial charge in [0.1, 0.15) is 5.82 Å². The zero-order chi connectivity index (χ0) is 23.3. The Morgan fingerprint density at radius 3 is 2.30 bits per heavy atom. The maximum Gasteiger partial charge on any atom is 0.229 e. The quantitative estimate of drug-likeness (QED) is 0.315. The van der Waals surface area contributed by atoms with Gasteiger partial charge in [0, 0.05) is 25.7 Å². The smallest absolute Gasteiger partial charge is 0.229 e. The Balaban J connectivity index is 1.58. The molecule has 1 saturated carbocycles. The fourth-order valence-corrected chi connectivity index (χ4v) is 3.72. The monoisotopic (exact) mass is 461 g/mol. The van der Waals surface area contributed by atoms with Crippen LogP contribution in [0.15, 0.2) is 24.3 Å². The minimum absolute atomic E-state index is 0.258. The largest absolute Gasteiger partial charge is 0.378 e. The zero-order valence-corrected chi connectivity index (χ0v) is 19.4. The molecule has 0 bridgehead atoms. The van der Waals surface area contributed by atoms with Crippen molar-refractivity contribution in [3.63, 3.8) is 0 Å². The van der Waals surface area contributed by atoms with Gasteiger partial charge in [0.05, 0.1) is 26.4 Å². The summed E-state index contributed by atoms with van der Waals surface area (Å²) in [4.78, 5) is 13.6. The molecule has 182 valence electrons. The van der Waals surface area contributed by atoms with Gasteiger partial charge in [-0.25, -0.2) is 4.39 Å². The van der Waals surface area contributed by atoms with Crippen LogP contribution in [-0.2, 0) is 16.0 Å². The number of rotatable bonds is 14. The average Bonchev–Trinajstić information content (AvgIpc) is 2.82. The third-order valence-electron chi connectivity index (χ3n) is 5.59. The number of benzene rings is 1. The van der Waals surface area contributed by atoms with Gasteiger partial charge < -0.3 is 31.2 Å². The minimum atomic E-state index is -0.258. The van der Waals surface area contributed by atoms with Crippen LogP contribution in [0.4, 0.5) is 22.2 Å². The lowest BCUT2D eigenvalue weighted by atomic mass is 9.86. The highest BCUT2D eigenvalue weighted by Gasteiger charge is 2.22. The summed E-state index contributed by atoms with van der Waals surface area (Å²) in [6.45, 7) is 5.87. The van der Waals surface area contributed by atoms with Crippen LogP contribution in [-0.4, -0.2) is 60.5 Å². The molecule has 5 N–H and O–H groups in total. The maximum absolute atomic E-state index is 13.2. The molecule has 1 aromatic carbocycles. The van der Waals surface area contributed by atoms with Crippen molar-refractivity contribution in [1.29, 1.82) is 0 Å². The topological polar surface area (TPSA) is 119 Å². The number of hydrogen-bond acceptors (Lipinski definition) is 9. The molecule has 0 saturated heterocycles. The molecular weight excluding hydrogens is 425 g/mol. The molecule has 1 aromatic heterocycles. The van der Waals surface area contributed by atoms with Gasteiger partial charge in [-0.1, -0.05) is 31.9 Å². The second-order valence-corrected chi connectivity index (χ2v) is 8.24. The van der Waals surface area contributed by atoms with Gasteiger partial charge in [-0.05, 0) is 36.5 Å². The first-order valence-electron chi connectivity index (χ1n) is 11.7. The molecule has 1 aliphatic carbocycles. The Bertz CT molecular complexity index is 825. The highest BCUT2D eigenvalue weighted by atomic mass is 19.1. The lowest BCUT2D eigenvalue weighted by molar-refractivity contribution is 0.0547. The Morgan fingerprint density at radius 1 is 0.909 bits per heavy atom. The summed E-state index contributed by atoms with van der Waals surface area (Å²) in [5.41, 5.74) is 6.32. The molecule has 1 fully saturated rings. The molecule has 33 heavy (non-hydrogen) atoms. The predicted octanol–water partition coefficient (Wildman–Crippen LogP) is 3.02. The average molecular weight is 462 g/mol. The van der Waals surface area contributed by atoms with Crippen molar-refractivity contribution in [3.05, 3.63) is 35.6 Å². The number of ether oxygens (including phenoxy) is 2. The van der Waals surface area contributed by atoms with Crippen LogP contribution in [0, 0.1) is 11.7 Å². The molecule has 2 unspecified atom stereocenters. The molecule has 0 spiro atoms. The first-order valence-corrected chi connectivity index (χ1v) is 11.7. The van der Waals surface area contributed by atoms with E-state index < -0.39 is 0 Å². The Labute approximate surface area is 195 Å². The van der Waals surface area contributed by atoms with Crippen LogP contribution >= 0.6 is 0 Å². The SMILES string of the molecule is CC1CCCCC1Nc1nc(NCCOCCOCCN)nc(NCc2ccc(F)cc2)n1. The summed E-state index contributed by atoms with van der Waals surface area (Å²) in [6.07, 6.45) is 4.79. The number of anilines is 3. The second kappa shape index (κ2) is 13.9. The van der Waals surface area contributed by atoms with Crippen molar-refractivity contribution >= 4 is 17.8 Å². The highest BCUT2D eigenvalue weighted by Crippen LogP contribution is 2.26. The van der Waals surface area contributed by atoms with Crippen LogP contribution in [0.3, 0.4) is 0 Å². The standard InChI is InChI=1S/C23H36FN7O2/c1-17-4-2-3-5-20(17)28-23-30-21(26-11-13-33-15-14-32-12-10-25)29-22(31-23)27-16-18-6-8-19(24)9-7-18/h6-9,17,20H,2-5,10-16,25H2,1H3,(H3,26,27,28,29,30,31). The molecule has 0 radical (unpaired) electrons. The fraction of sp³-hybridized carbons (Fsp3) is 0.609. The second-order valence-electron chi connectivity index (χ2n) is 8.24. The van der Waals surface area contributed by atoms with Crippen molar-refractivity contribution < 1.29 is 13.9 Å². The Morgan fingerprint density at radius 2 is 1.58 bits per heavy atom. The van der Waals surface area contributed by atoms with Crippen LogP contribution < -0.4 is 21.7 Å². The Hall–Kier alpha value is -2.56. The van der Waals surface area contributed by atoms with E-state index in [-0.39, 0.29) is 5.82 Å². The number of halogens is 1. The molecule has 1 aliphatic rings. The predicted molar refractivity (Wildman–Crippen MR) is 128 cm³/mol. The summed E-state index contributed by atoms with van der Waals surface area (Å²) in [6, 6.07) is 6.70. The summed E-state index contributed by atoms with van der Waals surface area (Å²) in [5, 5.41) is 9.92. The van der Waals surface area contributed by atoms with Gasteiger partial charge in [0.15, 0.2) is 0 Å². The normalized spacial score (nSPS) is 18.2. The van der Waals surface area contributed by atoms with Gasteiger partial charge in [0.2, 0.25) is 17.8 Å². The molecule has 2 aromatic rings. The highest BCUT2D eigenvalue weighted by molar-refractivity contribution is 5.43. The van der Waals surface area contributed by atoms with Gasteiger partial charge in [-0.15, -0.1) is 0 Å². The minimum Gasteiger partial charge on any atom is -0.378 e. The van der Waals surface area contributed by atoms with Gasteiger partial charge in [-0.2, -0.15) is 15.0 Å². The third-order valence-corrected chi connectivity index (χ3v) is 5.59. The van der Waals surface area contributed by atoms with Crippen molar-refractivity contribution in [2.24, 2.45) is 11.7 Å². The van der Waals surface area contributed by atoms with Crippen molar-refractivity contribution in [2.75, 3.05) is 55.5 Å². The van der Waals surface area contributed by atoms with Crippen LogP contribution in [0.5, 0.6) is 0 Å². The van der Waals surface area contributed by atoms with E-state index in [4.69, 9.17) is 15.2 Å². The van der Waals surface area contributed by atoms with Gasteiger partial charge in [-0.3, -0.25) is 0 Å². The van der Waals surface area contributed by atoms with E-state index in [1.54, 1.807) is 12.1 Å². The lowest BCUT2D eigenvalue weighted by Gasteiger charge is -2.29. The molecule has 2 atom stereocenters. The van der Waals surface area contributed by atoms with E-state index in [2.05, 4.69) is 37.8 Å². The van der Waals surface area contributed by atoms with Crippen LogP contribution in [0.25, 0.3) is 0 Å². The summed E-state index contributed by atoms with van der Waals surface area (Å²) in [5.74, 6) is 1.78. The van der Waals surface area contributed by atoms with Gasteiger partial charge in [0.25, 0.3) is 0 Å². The molecule has 3 rings (SSSR count). The molecule has 1 heterocycles. The Kier molecular flexibility index (Phi) is 10.5. The van der Waals surface area contributed by atoms with Gasteiger partial charge >= 0.3 is 0 Å². The zero-order valence-electron chi connectivity index (χ0n) is 19.4. The number of hydrogen-bond donors (Lipinski definition) is 4. The number of aromatic nitrogens is 3. The summed E-state index contributed by atoms with van der Waals surface area (Å²) >= 11 is 0. The summed E-state index contributed by atoms with van der Waals surface area (Å²) in [7, 11) is 0. The fourth-order valence-electron chi connectivity index (χ4n) is 3.72. The molecular formula is C23H36FN7O2. The van der Waals surface area contributed by atoms with E-state index in [1.165, 1.54) is 31.4 Å². The van der Waals surface area contributed by atoms with Crippen LogP contribution in [0.1, 0.15) is 38.2 Å². The lowest BCUT2D eigenvalue weighted by Crippen LogP contribution is -2.31. The van der Waals surface area contributed by atoms with E-state index in [1.807, 2.05) is 0 Å². The number of nitrogens with zero attached hydrogens (tertiary/aromatic N) is 3. The third kappa shape index (κ3) is 9.07. The molecule has 10 heteroatoms. The van der Waals surface area contributed by atoms with Crippen molar-refractivity contribution in [3.8, 4) is 0 Å². The molecule has 0 aliphatic heterocycles. The van der Waals surface area contributed by atoms with Crippen LogP contribution in [0.2, 0.25) is 0 Å². The van der Waals surface area contributed by atoms with E-state index >= 15 is 0 Å². The molecule has 9 nitrogen and oxygen atoms in total. The van der Waals surface area contributed by atoms with E-state index in [0.29, 0.717) is 75.9 Å². The van der Waals surface area contributed by atoms with E-state index in [0.717, 1.165) is 12.0 Å². The number of nitrogens with one attached hydrogen (secondary N) is 3. The first kappa shape index (κ1) is 25.1. The first-order chi connectivity index (χ1) is 16.1. The molecule has 0 amide bonds. The van der Waals surface area contributed by atoms with Crippen molar-refractivity contribution in [1.82, 2.24) is 15.0 Å². The number of nitrogens with two attached hydrogens (primary N) is 1. The van der Waals surface area contributed by atoms with E-state index in [9.17, 15) is 4.39 Å². The van der Waals surface area contributed by atoms with Crippen molar-refractivity contribution in [2.45, 2.75) is 45.2 Å².